The van der Waals surface area contributed by atoms with E-state index in [1.165, 1.54) is 5.56 Å². The first-order valence-electron chi connectivity index (χ1n) is 7.42. The Labute approximate surface area is 124 Å². The molecule has 2 N–H and O–H groups in total. The molecule has 1 fully saturated rings. The summed E-state index contributed by atoms with van der Waals surface area (Å²) in [6.45, 7) is 3.97. The summed E-state index contributed by atoms with van der Waals surface area (Å²) in [6, 6.07) is 5.85. The molecule has 0 saturated carbocycles. The number of hydrogen-bond donors (Lipinski definition) is 2. The zero-order valence-corrected chi connectivity index (χ0v) is 12.5. The van der Waals surface area contributed by atoms with Crippen LogP contribution in [0.3, 0.4) is 0 Å². The zero-order chi connectivity index (χ0) is 15.0. The van der Waals surface area contributed by atoms with Crippen molar-refractivity contribution in [2.24, 2.45) is 5.41 Å². The number of likely N-dealkylation sites (tertiary alicyclic amines) is 1. The monoisotopic (exact) mass is 287 g/mol. The van der Waals surface area contributed by atoms with Crippen molar-refractivity contribution in [1.29, 1.82) is 0 Å². The van der Waals surface area contributed by atoms with E-state index < -0.39 is 5.41 Å². The van der Waals surface area contributed by atoms with E-state index in [0.29, 0.717) is 25.1 Å². The second-order valence-electron chi connectivity index (χ2n) is 6.17. The summed E-state index contributed by atoms with van der Waals surface area (Å²) >= 11 is 0. The van der Waals surface area contributed by atoms with E-state index in [-0.39, 0.29) is 11.8 Å². The number of fused-ring (bicyclic) bond motifs is 1. The molecule has 1 atom stereocenters. The minimum absolute atomic E-state index is 0.00780. The quantitative estimate of drug-likeness (QED) is 0.860. The summed E-state index contributed by atoms with van der Waals surface area (Å²) in [7, 11) is 1.64. The van der Waals surface area contributed by atoms with Gasteiger partial charge in [0.2, 0.25) is 5.91 Å². The highest BCUT2D eigenvalue weighted by Crippen LogP contribution is 2.32. The molecule has 2 amide bonds. The summed E-state index contributed by atoms with van der Waals surface area (Å²) in [5.74, 6) is 0.0209. The van der Waals surface area contributed by atoms with Crippen molar-refractivity contribution < 1.29 is 9.59 Å². The second kappa shape index (κ2) is 5.06. The van der Waals surface area contributed by atoms with Gasteiger partial charge in [0.15, 0.2) is 0 Å². The van der Waals surface area contributed by atoms with E-state index in [2.05, 4.69) is 10.6 Å². The maximum atomic E-state index is 12.6. The smallest absolute Gasteiger partial charge is 0.253 e. The summed E-state index contributed by atoms with van der Waals surface area (Å²) < 4.78 is 0. The highest BCUT2D eigenvalue weighted by molar-refractivity contribution is 5.96. The van der Waals surface area contributed by atoms with Crippen LogP contribution in [0.25, 0.3) is 0 Å². The standard InChI is InChI=1S/C16H21N3O2/c1-16(15(21)17-2)6-8-19(10-16)14(20)12-4-3-11-5-7-18-13(11)9-12/h3-4,9,18H,5-8,10H2,1-2H3,(H,17,21). The normalized spacial score (nSPS) is 23.6. The van der Waals surface area contributed by atoms with Gasteiger partial charge in [-0.1, -0.05) is 6.07 Å². The van der Waals surface area contributed by atoms with Crippen LogP contribution in [-0.4, -0.2) is 43.4 Å². The Morgan fingerprint density at radius 1 is 1.38 bits per heavy atom. The van der Waals surface area contributed by atoms with Crippen molar-refractivity contribution >= 4 is 17.5 Å². The Morgan fingerprint density at radius 2 is 2.19 bits per heavy atom. The molecule has 2 heterocycles. The molecule has 3 rings (SSSR count). The predicted octanol–water partition coefficient (Wildman–Crippen LogP) is 1.25. The van der Waals surface area contributed by atoms with Gasteiger partial charge in [-0.05, 0) is 37.5 Å². The topological polar surface area (TPSA) is 61.4 Å². The van der Waals surface area contributed by atoms with Crippen molar-refractivity contribution in [3.8, 4) is 0 Å². The lowest BCUT2D eigenvalue weighted by molar-refractivity contribution is -0.128. The van der Waals surface area contributed by atoms with Crippen LogP contribution >= 0.6 is 0 Å². The lowest BCUT2D eigenvalue weighted by atomic mass is 9.89. The first kappa shape index (κ1) is 13.9. The number of nitrogens with one attached hydrogen (secondary N) is 2. The van der Waals surface area contributed by atoms with Crippen LogP contribution in [0.4, 0.5) is 5.69 Å². The maximum absolute atomic E-state index is 12.6. The fourth-order valence-corrected chi connectivity index (χ4v) is 3.23. The average molecular weight is 287 g/mol. The molecular formula is C16H21N3O2. The third-order valence-corrected chi connectivity index (χ3v) is 4.60. The van der Waals surface area contributed by atoms with Gasteiger partial charge in [0.25, 0.3) is 5.91 Å². The number of rotatable bonds is 2. The van der Waals surface area contributed by atoms with Crippen molar-refractivity contribution in [3.63, 3.8) is 0 Å². The van der Waals surface area contributed by atoms with Gasteiger partial charge in [0.05, 0.1) is 5.41 Å². The van der Waals surface area contributed by atoms with Crippen molar-refractivity contribution in [1.82, 2.24) is 10.2 Å². The van der Waals surface area contributed by atoms with Crippen LogP contribution < -0.4 is 10.6 Å². The number of hydrogen-bond acceptors (Lipinski definition) is 3. The largest absolute Gasteiger partial charge is 0.384 e. The SMILES string of the molecule is CNC(=O)C1(C)CCN(C(=O)c2ccc3c(c2)NCC3)C1. The van der Waals surface area contributed by atoms with Gasteiger partial charge < -0.3 is 15.5 Å². The third kappa shape index (κ3) is 2.37. The van der Waals surface area contributed by atoms with E-state index in [0.717, 1.165) is 18.7 Å². The lowest BCUT2D eigenvalue weighted by Gasteiger charge is -2.23. The van der Waals surface area contributed by atoms with Crippen molar-refractivity contribution in [2.75, 3.05) is 32.0 Å². The van der Waals surface area contributed by atoms with E-state index in [1.807, 2.05) is 25.1 Å². The van der Waals surface area contributed by atoms with E-state index >= 15 is 0 Å². The molecule has 5 heteroatoms. The first-order valence-corrected chi connectivity index (χ1v) is 7.42. The van der Waals surface area contributed by atoms with Crippen LogP contribution in [0.15, 0.2) is 18.2 Å². The van der Waals surface area contributed by atoms with E-state index in [1.54, 1.807) is 11.9 Å². The Balaban J connectivity index is 1.76. The average Bonchev–Trinajstić information content (AvgIpc) is 3.12. The minimum atomic E-state index is -0.473. The van der Waals surface area contributed by atoms with E-state index in [4.69, 9.17) is 0 Å². The van der Waals surface area contributed by atoms with Gasteiger partial charge in [-0.3, -0.25) is 9.59 Å². The molecule has 1 aromatic carbocycles. The molecule has 0 aromatic heterocycles. The predicted molar refractivity (Wildman–Crippen MR) is 81.3 cm³/mol. The van der Waals surface area contributed by atoms with Gasteiger partial charge in [-0.15, -0.1) is 0 Å². The molecule has 21 heavy (non-hydrogen) atoms. The Hall–Kier alpha value is -2.04. The minimum Gasteiger partial charge on any atom is -0.384 e. The first-order chi connectivity index (χ1) is 10.0. The van der Waals surface area contributed by atoms with Crippen LogP contribution in [-0.2, 0) is 11.2 Å². The van der Waals surface area contributed by atoms with Crippen LogP contribution in [0.5, 0.6) is 0 Å². The number of carbonyl (C=O) groups is 2. The van der Waals surface area contributed by atoms with Gasteiger partial charge >= 0.3 is 0 Å². The van der Waals surface area contributed by atoms with Gasteiger partial charge in [-0.2, -0.15) is 0 Å². The maximum Gasteiger partial charge on any atom is 0.253 e. The zero-order valence-electron chi connectivity index (χ0n) is 12.5. The Morgan fingerprint density at radius 3 is 2.95 bits per heavy atom. The third-order valence-electron chi connectivity index (χ3n) is 4.60. The molecule has 1 unspecified atom stereocenters. The Bertz CT molecular complexity index is 599. The molecule has 2 aliphatic rings. The Kier molecular flexibility index (Phi) is 3.35. The summed E-state index contributed by atoms with van der Waals surface area (Å²) in [5.41, 5.74) is 2.56. The highest BCUT2D eigenvalue weighted by Gasteiger charge is 2.41. The molecule has 5 nitrogen and oxygen atoms in total. The fraction of sp³-hybridized carbons (Fsp3) is 0.500. The highest BCUT2D eigenvalue weighted by atomic mass is 16.2. The molecule has 0 bridgehead atoms. The van der Waals surface area contributed by atoms with Crippen molar-refractivity contribution in [3.05, 3.63) is 29.3 Å². The summed E-state index contributed by atoms with van der Waals surface area (Å²) in [5, 5.41) is 5.99. The molecule has 0 spiro atoms. The number of benzene rings is 1. The van der Waals surface area contributed by atoms with E-state index in [9.17, 15) is 9.59 Å². The summed E-state index contributed by atoms with van der Waals surface area (Å²) in [6.07, 6.45) is 1.73. The number of anilines is 1. The molecule has 1 aromatic rings. The molecule has 112 valence electrons. The van der Waals surface area contributed by atoms with Gasteiger partial charge in [-0.25, -0.2) is 0 Å². The molecule has 1 saturated heterocycles. The molecule has 2 aliphatic heterocycles. The number of carbonyl (C=O) groups excluding carboxylic acids is 2. The number of nitrogens with zero attached hydrogens (tertiary/aromatic N) is 1. The van der Waals surface area contributed by atoms with Crippen LogP contribution in [0, 0.1) is 5.41 Å². The molecular weight excluding hydrogens is 266 g/mol. The van der Waals surface area contributed by atoms with Crippen molar-refractivity contribution in [2.45, 2.75) is 19.8 Å². The van der Waals surface area contributed by atoms with Gasteiger partial charge in [0, 0.05) is 37.9 Å². The second-order valence-corrected chi connectivity index (χ2v) is 6.17. The number of amides is 2. The molecule has 0 radical (unpaired) electrons. The fourth-order valence-electron chi connectivity index (χ4n) is 3.23. The lowest BCUT2D eigenvalue weighted by Crippen LogP contribution is -2.40. The summed E-state index contributed by atoms with van der Waals surface area (Å²) in [4.78, 5) is 26.3. The molecule has 0 aliphatic carbocycles. The van der Waals surface area contributed by atoms with Crippen LogP contribution in [0.1, 0.15) is 29.3 Å². The van der Waals surface area contributed by atoms with Crippen LogP contribution in [0.2, 0.25) is 0 Å². The van der Waals surface area contributed by atoms with Gasteiger partial charge in [0.1, 0.15) is 0 Å².